The lowest BCUT2D eigenvalue weighted by molar-refractivity contribution is -0.116. The van der Waals surface area contributed by atoms with E-state index in [0.717, 1.165) is 11.3 Å². The van der Waals surface area contributed by atoms with Crippen LogP contribution < -0.4 is 15.4 Å². The van der Waals surface area contributed by atoms with Crippen molar-refractivity contribution in [2.45, 2.75) is 19.3 Å². The number of nitrogens with one attached hydrogen (secondary N) is 2. The fourth-order valence-corrected chi connectivity index (χ4v) is 3.73. The van der Waals surface area contributed by atoms with Crippen LogP contribution in [0.1, 0.15) is 28.4 Å². The van der Waals surface area contributed by atoms with Crippen LogP contribution in [0.25, 0.3) is 11.4 Å². The largest absolute Gasteiger partial charge is 0.497 e. The van der Waals surface area contributed by atoms with Crippen LogP contribution in [0.3, 0.4) is 0 Å². The van der Waals surface area contributed by atoms with Crippen molar-refractivity contribution in [1.82, 2.24) is 10.1 Å². The Bertz CT molecular complexity index is 1220. The molecule has 0 aliphatic rings. The van der Waals surface area contributed by atoms with Crippen LogP contribution in [0, 0.1) is 0 Å². The molecular weight excluding hydrogens is 440 g/mol. The predicted octanol–water partition coefficient (Wildman–Crippen LogP) is 5.02. The van der Waals surface area contributed by atoms with Gasteiger partial charge < -0.3 is 19.9 Å². The molecule has 0 radical (unpaired) electrons. The molecule has 0 saturated heterocycles. The second-order valence-electron chi connectivity index (χ2n) is 7.15. The summed E-state index contributed by atoms with van der Waals surface area (Å²) in [5, 5.41) is 11.5. The van der Waals surface area contributed by atoms with E-state index in [1.807, 2.05) is 35.7 Å². The first kappa shape index (κ1) is 22.2. The third-order valence-electron chi connectivity index (χ3n) is 4.76. The zero-order valence-electron chi connectivity index (χ0n) is 17.9. The van der Waals surface area contributed by atoms with Crippen LogP contribution in [0.5, 0.6) is 5.75 Å². The highest BCUT2D eigenvalue weighted by atomic mass is 32.1. The Morgan fingerprint density at radius 3 is 2.55 bits per heavy atom. The van der Waals surface area contributed by atoms with Crippen molar-refractivity contribution in [2.75, 3.05) is 17.7 Å². The Hall–Kier alpha value is -3.98. The molecule has 0 saturated carbocycles. The molecular formula is C24H22N4O4S. The van der Waals surface area contributed by atoms with E-state index in [2.05, 4.69) is 20.8 Å². The summed E-state index contributed by atoms with van der Waals surface area (Å²) in [7, 11) is 1.61. The second-order valence-corrected chi connectivity index (χ2v) is 8.10. The van der Waals surface area contributed by atoms with Crippen molar-refractivity contribution in [1.29, 1.82) is 0 Å². The molecule has 8 nitrogen and oxygen atoms in total. The molecule has 4 aromatic rings. The zero-order valence-corrected chi connectivity index (χ0v) is 18.7. The number of anilines is 2. The number of thiophene rings is 1. The zero-order chi connectivity index (χ0) is 23.0. The number of ether oxygens (including phenoxy) is 1. The molecule has 0 aliphatic heterocycles. The minimum atomic E-state index is -0.179. The fourth-order valence-electron chi connectivity index (χ4n) is 3.11. The molecule has 0 fully saturated rings. The van der Waals surface area contributed by atoms with E-state index < -0.39 is 0 Å². The first-order valence-corrected chi connectivity index (χ1v) is 11.2. The highest BCUT2D eigenvalue weighted by Gasteiger charge is 2.11. The van der Waals surface area contributed by atoms with Crippen molar-refractivity contribution >= 4 is 34.5 Å². The van der Waals surface area contributed by atoms with Gasteiger partial charge in [-0.15, -0.1) is 11.3 Å². The summed E-state index contributed by atoms with van der Waals surface area (Å²) in [5.41, 5.74) is 2.06. The molecule has 9 heteroatoms. The topological polar surface area (TPSA) is 106 Å². The quantitative estimate of drug-likeness (QED) is 0.362. The molecule has 0 unspecified atom stereocenters. The number of hydrogen-bond acceptors (Lipinski definition) is 7. The van der Waals surface area contributed by atoms with E-state index in [1.54, 1.807) is 37.4 Å². The smallest absolute Gasteiger partial charge is 0.265 e. The molecule has 2 aromatic carbocycles. The molecule has 2 amide bonds. The van der Waals surface area contributed by atoms with Gasteiger partial charge in [0.1, 0.15) is 5.75 Å². The summed E-state index contributed by atoms with van der Waals surface area (Å²) in [6, 6.07) is 18.0. The van der Waals surface area contributed by atoms with Gasteiger partial charge in [0.25, 0.3) is 5.91 Å². The van der Waals surface area contributed by atoms with Crippen LogP contribution >= 0.6 is 11.3 Å². The average molecular weight is 463 g/mol. The van der Waals surface area contributed by atoms with Crippen LogP contribution in [0.2, 0.25) is 0 Å². The lowest BCUT2D eigenvalue weighted by atomic mass is 10.2. The van der Waals surface area contributed by atoms with Gasteiger partial charge in [-0.2, -0.15) is 4.98 Å². The first-order chi connectivity index (χ1) is 16.1. The number of carbonyl (C=O) groups is 2. The van der Waals surface area contributed by atoms with E-state index in [9.17, 15) is 9.59 Å². The number of hydrogen-bond donors (Lipinski definition) is 2. The minimum absolute atomic E-state index is 0.133. The molecule has 0 atom stereocenters. The predicted molar refractivity (Wildman–Crippen MR) is 127 cm³/mol. The van der Waals surface area contributed by atoms with Gasteiger partial charge in [0.15, 0.2) is 0 Å². The van der Waals surface area contributed by atoms with Gasteiger partial charge in [0.2, 0.25) is 17.6 Å². The fraction of sp³-hybridized carbons (Fsp3) is 0.167. The number of methoxy groups -OCH3 is 1. The summed E-state index contributed by atoms with van der Waals surface area (Å²) >= 11 is 1.37. The van der Waals surface area contributed by atoms with Gasteiger partial charge in [0, 0.05) is 29.8 Å². The average Bonchev–Trinajstić information content (AvgIpc) is 3.52. The molecule has 0 spiro atoms. The standard InChI is InChI=1S/C24H22N4O4S/c1-31-19-12-10-16(11-13-19)23-27-22(32-28-23)9-3-8-21(29)25-17-5-2-6-18(15-17)26-24(30)20-7-4-14-33-20/h2,4-7,10-15H,3,8-9H2,1H3,(H,25,29)(H,26,30). The third-order valence-corrected chi connectivity index (χ3v) is 5.63. The van der Waals surface area contributed by atoms with Crippen LogP contribution in [-0.2, 0) is 11.2 Å². The molecule has 0 bridgehead atoms. The molecule has 4 rings (SSSR count). The minimum Gasteiger partial charge on any atom is -0.497 e. The Labute approximate surface area is 194 Å². The van der Waals surface area contributed by atoms with E-state index >= 15 is 0 Å². The lowest BCUT2D eigenvalue weighted by Crippen LogP contribution is -2.13. The summed E-state index contributed by atoms with van der Waals surface area (Å²) < 4.78 is 10.4. The van der Waals surface area contributed by atoms with Gasteiger partial charge in [0.05, 0.1) is 12.0 Å². The van der Waals surface area contributed by atoms with Gasteiger partial charge in [-0.05, 0) is 60.3 Å². The van der Waals surface area contributed by atoms with Crippen molar-refractivity contribution in [3.05, 3.63) is 76.8 Å². The number of aromatic nitrogens is 2. The van der Waals surface area contributed by atoms with Crippen molar-refractivity contribution in [3.63, 3.8) is 0 Å². The molecule has 33 heavy (non-hydrogen) atoms. The number of aryl methyl sites for hydroxylation is 1. The van der Waals surface area contributed by atoms with Gasteiger partial charge in [-0.3, -0.25) is 9.59 Å². The molecule has 2 aromatic heterocycles. The monoisotopic (exact) mass is 462 g/mol. The Morgan fingerprint density at radius 2 is 1.82 bits per heavy atom. The van der Waals surface area contributed by atoms with Crippen molar-refractivity contribution in [3.8, 4) is 17.1 Å². The van der Waals surface area contributed by atoms with Crippen molar-refractivity contribution in [2.24, 2.45) is 0 Å². The normalized spacial score (nSPS) is 10.6. The summed E-state index contributed by atoms with van der Waals surface area (Å²) in [6.07, 6.45) is 1.35. The third kappa shape index (κ3) is 6.05. The summed E-state index contributed by atoms with van der Waals surface area (Å²) in [4.78, 5) is 29.5. The Balaban J connectivity index is 1.25. The summed E-state index contributed by atoms with van der Waals surface area (Å²) in [5.74, 6) is 1.42. The molecule has 2 heterocycles. The molecule has 168 valence electrons. The molecule has 2 N–H and O–H groups in total. The Kier molecular flexibility index (Phi) is 7.11. The molecule has 0 aliphatic carbocycles. The van der Waals surface area contributed by atoms with E-state index in [1.165, 1.54) is 11.3 Å². The Morgan fingerprint density at radius 1 is 1.03 bits per heavy atom. The maximum absolute atomic E-state index is 12.3. The number of benzene rings is 2. The number of amides is 2. The van der Waals surface area contributed by atoms with Gasteiger partial charge in [-0.25, -0.2) is 0 Å². The second kappa shape index (κ2) is 10.6. The highest BCUT2D eigenvalue weighted by molar-refractivity contribution is 7.12. The first-order valence-electron chi connectivity index (χ1n) is 10.3. The van der Waals surface area contributed by atoms with E-state index in [4.69, 9.17) is 9.26 Å². The maximum atomic E-state index is 12.3. The van der Waals surface area contributed by atoms with Gasteiger partial charge >= 0.3 is 0 Å². The number of nitrogens with zero attached hydrogens (tertiary/aromatic N) is 2. The lowest BCUT2D eigenvalue weighted by Gasteiger charge is -2.08. The maximum Gasteiger partial charge on any atom is 0.265 e. The number of carbonyl (C=O) groups excluding carboxylic acids is 2. The van der Waals surface area contributed by atoms with Crippen LogP contribution in [-0.4, -0.2) is 29.1 Å². The summed E-state index contributed by atoms with van der Waals surface area (Å²) in [6.45, 7) is 0. The number of rotatable bonds is 9. The SMILES string of the molecule is COc1ccc(-c2noc(CCCC(=O)Nc3cccc(NC(=O)c4cccs4)c3)n2)cc1. The van der Waals surface area contributed by atoms with Gasteiger partial charge in [-0.1, -0.05) is 17.3 Å². The van der Waals surface area contributed by atoms with Crippen LogP contribution in [0.4, 0.5) is 11.4 Å². The highest BCUT2D eigenvalue weighted by Crippen LogP contribution is 2.21. The van der Waals surface area contributed by atoms with Crippen molar-refractivity contribution < 1.29 is 18.8 Å². The van der Waals surface area contributed by atoms with E-state index in [0.29, 0.717) is 47.2 Å². The van der Waals surface area contributed by atoms with E-state index in [-0.39, 0.29) is 11.8 Å². The van der Waals surface area contributed by atoms with Crippen LogP contribution in [0.15, 0.2) is 70.6 Å².